The van der Waals surface area contributed by atoms with Gasteiger partial charge in [-0.05, 0) is 48.6 Å². The fourth-order valence-electron chi connectivity index (χ4n) is 4.32. The summed E-state index contributed by atoms with van der Waals surface area (Å²) in [5.74, 6) is 0.733. The van der Waals surface area contributed by atoms with Gasteiger partial charge in [0, 0.05) is 24.7 Å². The first-order valence-corrected chi connectivity index (χ1v) is 13.0. The number of nitrogens with zero attached hydrogens (tertiary/aromatic N) is 3. The van der Waals surface area contributed by atoms with Crippen molar-refractivity contribution < 1.29 is 22.0 Å². The summed E-state index contributed by atoms with van der Waals surface area (Å²) in [6.07, 6.45) is 6.37. The Bertz CT molecular complexity index is 1460. The summed E-state index contributed by atoms with van der Waals surface area (Å²) in [6.45, 7) is 4.92. The van der Waals surface area contributed by atoms with Gasteiger partial charge >= 0.3 is 0 Å². The van der Waals surface area contributed by atoms with Crippen LogP contribution in [0.2, 0.25) is 0 Å². The maximum absolute atomic E-state index is 14.4. The van der Waals surface area contributed by atoms with Crippen LogP contribution in [-0.2, 0) is 16.6 Å². The smallest absolute Gasteiger partial charge is 0.279 e. The van der Waals surface area contributed by atoms with E-state index in [-0.39, 0.29) is 43.9 Å². The van der Waals surface area contributed by atoms with E-state index in [4.69, 9.17) is 6.42 Å². The first-order valence-electron chi connectivity index (χ1n) is 10.7. The van der Waals surface area contributed by atoms with Gasteiger partial charge in [-0.25, -0.2) is 17.2 Å². The second-order valence-electron chi connectivity index (χ2n) is 8.62. The molecular weight excluding hydrogens is 480 g/mol. The molecule has 2 atom stereocenters. The molecule has 0 spiro atoms. The lowest BCUT2D eigenvalue weighted by Gasteiger charge is -2.34. The van der Waals surface area contributed by atoms with Gasteiger partial charge in [-0.3, -0.25) is 4.79 Å². The van der Waals surface area contributed by atoms with Crippen LogP contribution in [0.25, 0.3) is 10.2 Å². The second-order valence-corrected chi connectivity index (χ2v) is 11.6. The molecule has 2 unspecified atom stereocenters. The average Bonchev–Trinajstić information content (AvgIpc) is 3.10. The minimum atomic E-state index is -3.68. The van der Waals surface area contributed by atoms with Gasteiger partial charge in [0.15, 0.2) is 10.6 Å². The number of amides is 1. The van der Waals surface area contributed by atoms with Crippen molar-refractivity contribution in [2.24, 2.45) is 16.8 Å². The fraction of sp³-hybridized carbons (Fsp3) is 0.333. The van der Waals surface area contributed by atoms with E-state index in [2.05, 4.69) is 10.9 Å². The molecule has 2 aromatic carbocycles. The van der Waals surface area contributed by atoms with Crippen molar-refractivity contribution in [2.75, 3.05) is 13.1 Å². The van der Waals surface area contributed by atoms with Crippen molar-refractivity contribution in [3.63, 3.8) is 0 Å². The molecule has 3 aromatic rings. The first kappa shape index (κ1) is 24.3. The molecular formula is C24H23F2N3O3S2. The number of aromatic nitrogens is 1. The molecule has 4 rings (SSSR count). The molecule has 1 fully saturated rings. The lowest BCUT2D eigenvalue weighted by atomic mass is 9.94. The summed E-state index contributed by atoms with van der Waals surface area (Å²) in [5.41, 5.74) is 0.234. The van der Waals surface area contributed by atoms with Gasteiger partial charge in [-0.1, -0.05) is 31.1 Å². The lowest BCUT2D eigenvalue weighted by molar-refractivity contribution is 0.0997. The zero-order valence-corrected chi connectivity index (χ0v) is 20.3. The molecule has 1 amide bonds. The Balaban J connectivity index is 1.66. The van der Waals surface area contributed by atoms with Crippen molar-refractivity contribution in [1.82, 2.24) is 8.87 Å². The monoisotopic (exact) mass is 503 g/mol. The average molecular weight is 504 g/mol. The maximum Gasteiger partial charge on any atom is 0.279 e. The van der Waals surface area contributed by atoms with Crippen LogP contribution in [-0.4, -0.2) is 36.3 Å². The quantitative estimate of drug-likeness (QED) is 0.505. The third-order valence-corrected chi connectivity index (χ3v) is 8.59. The molecule has 178 valence electrons. The SMILES string of the molecule is C#CCn1c(=NC(=O)c2ccc(S(=O)(=O)N3CC(C)CC(C)C3)cc2)sc2cc(F)cc(F)c21. The minimum absolute atomic E-state index is 0.0570. The molecule has 0 bridgehead atoms. The van der Waals surface area contributed by atoms with E-state index in [0.717, 1.165) is 29.9 Å². The van der Waals surface area contributed by atoms with Crippen molar-refractivity contribution >= 4 is 37.5 Å². The minimum Gasteiger partial charge on any atom is -0.302 e. The third-order valence-electron chi connectivity index (χ3n) is 5.72. The number of terminal acetylenes is 1. The maximum atomic E-state index is 14.4. The van der Waals surface area contributed by atoms with E-state index in [9.17, 15) is 22.0 Å². The number of rotatable bonds is 4. The summed E-state index contributed by atoms with van der Waals surface area (Å²) < 4.78 is 57.2. The summed E-state index contributed by atoms with van der Waals surface area (Å²) in [7, 11) is -3.68. The zero-order chi connectivity index (χ0) is 24.6. The zero-order valence-electron chi connectivity index (χ0n) is 18.7. The number of hydrogen-bond donors (Lipinski definition) is 0. The van der Waals surface area contributed by atoms with Crippen LogP contribution in [0.5, 0.6) is 0 Å². The van der Waals surface area contributed by atoms with Gasteiger partial charge in [0.2, 0.25) is 10.0 Å². The molecule has 1 aliphatic heterocycles. The number of piperidine rings is 1. The van der Waals surface area contributed by atoms with Crippen LogP contribution in [0.3, 0.4) is 0 Å². The van der Waals surface area contributed by atoms with Crippen LogP contribution in [0.4, 0.5) is 8.78 Å². The van der Waals surface area contributed by atoms with Crippen molar-refractivity contribution in [3.05, 3.63) is 58.4 Å². The molecule has 2 heterocycles. The van der Waals surface area contributed by atoms with Gasteiger partial charge in [-0.15, -0.1) is 6.42 Å². The largest absolute Gasteiger partial charge is 0.302 e. The predicted molar refractivity (Wildman–Crippen MR) is 127 cm³/mol. The topological polar surface area (TPSA) is 71.7 Å². The number of benzene rings is 2. The van der Waals surface area contributed by atoms with Crippen molar-refractivity contribution in [2.45, 2.75) is 31.7 Å². The van der Waals surface area contributed by atoms with Crippen LogP contribution in [0.1, 0.15) is 30.6 Å². The first-order chi connectivity index (χ1) is 16.1. The molecule has 1 aromatic heterocycles. The highest BCUT2D eigenvalue weighted by molar-refractivity contribution is 7.89. The van der Waals surface area contributed by atoms with Crippen LogP contribution >= 0.6 is 11.3 Å². The van der Waals surface area contributed by atoms with Gasteiger partial charge in [-0.2, -0.15) is 9.30 Å². The highest BCUT2D eigenvalue weighted by atomic mass is 32.2. The standard InChI is InChI=1S/C24H23F2N3O3S2/c1-4-9-29-22-20(26)11-18(25)12-21(22)33-24(29)27-23(30)17-5-7-19(8-6-17)34(31,32)28-13-15(2)10-16(3)14-28/h1,5-8,11-12,15-16H,9-10,13-14H2,2-3H3. The summed E-state index contributed by atoms with van der Waals surface area (Å²) in [6, 6.07) is 7.47. The number of halogens is 2. The number of fused-ring (bicyclic) bond motifs is 1. The number of sulfonamides is 1. The Kier molecular flexibility index (Phi) is 6.71. The fourth-order valence-corrected chi connectivity index (χ4v) is 7.07. The van der Waals surface area contributed by atoms with Gasteiger partial charge in [0.1, 0.15) is 5.82 Å². The van der Waals surface area contributed by atoms with E-state index >= 15 is 0 Å². The number of carbonyl (C=O) groups excluding carboxylic acids is 1. The van der Waals surface area contributed by atoms with Crippen LogP contribution in [0, 0.1) is 35.8 Å². The summed E-state index contributed by atoms with van der Waals surface area (Å²) in [5, 5.41) is 0. The third kappa shape index (κ3) is 4.69. The molecule has 6 nitrogen and oxygen atoms in total. The number of thiazole rings is 1. The Morgan fingerprint density at radius 1 is 1.18 bits per heavy atom. The van der Waals surface area contributed by atoms with E-state index < -0.39 is 27.6 Å². The van der Waals surface area contributed by atoms with E-state index in [0.29, 0.717) is 13.1 Å². The second kappa shape index (κ2) is 9.41. The number of hydrogen-bond acceptors (Lipinski definition) is 4. The van der Waals surface area contributed by atoms with E-state index in [1.165, 1.54) is 33.1 Å². The van der Waals surface area contributed by atoms with Gasteiger partial charge < -0.3 is 4.57 Å². The molecule has 1 aliphatic rings. The Labute approximate surface area is 200 Å². The van der Waals surface area contributed by atoms with Crippen LogP contribution in [0.15, 0.2) is 46.3 Å². The Hall–Kier alpha value is -2.87. The molecule has 0 aliphatic carbocycles. The van der Waals surface area contributed by atoms with Crippen molar-refractivity contribution in [3.8, 4) is 12.3 Å². The van der Waals surface area contributed by atoms with E-state index in [1.807, 2.05) is 13.8 Å². The molecule has 1 saturated heterocycles. The summed E-state index contributed by atoms with van der Waals surface area (Å²) >= 11 is 0.939. The normalized spacial score (nSPS) is 19.9. The number of carbonyl (C=O) groups is 1. The highest BCUT2D eigenvalue weighted by Gasteiger charge is 2.31. The van der Waals surface area contributed by atoms with Crippen LogP contribution < -0.4 is 4.80 Å². The molecule has 34 heavy (non-hydrogen) atoms. The Morgan fingerprint density at radius 3 is 2.44 bits per heavy atom. The molecule has 0 radical (unpaired) electrons. The van der Waals surface area contributed by atoms with Gasteiger partial charge in [0.25, 0.3) is 5.91 Å². The molecule has 0 saturated carbocycles. The molecule has 0 N–H and O–H groups in total. The van der Waals surface area contributed by atoms with E-state index in [1.54, 1.807) is 0 Å². The molecule has 10 heteroatoms. The van der Waals surface area contributed by atoms with Crippen molar-refractivity contribution in [1.29, 1.82) is 0 Å². The Morgan fingerprint density at radius 2 is 1.82 bits per heavy atom. The predicted octanol–water partition coefficient (Wildman–Crippen LogP) is 4.02. The van der Waals surface area contributed by atoms with Gasteiger partial charge in [0.05, 0.1) is 21.7 Å². The summed E-state index contributed by atoms with van der Waals surface area (Å²) in [4.78, 5) is 17.1. The highest BCUT2D eigenvalue weighted by Crippen LogP contribution is 2.27. The lowest BCUT2D eigenvalue weighted by Crippen LogP contribution is -2.42.